The summed E-state index contributed by atoms with van der Waals surface area (Å²) in [5.74, 6) is 2.26. The van der Waals surface area contributed by atoms with E-state index in [2.05, 4.69) is 10.2 Å². The van der Waals surface area contributed by atoms with Crippen LogP contribution in [0.4, 0.5) is 0 Å². The Hall–Kier alpha value is -0.940. The monoisotopic (exact) mass is 429 g/mol. The average Bonchev–Trinajstić information content (AvgIpc) is 3.40. The van der Waals surface area contributed by atoms with Gasteiger partial charge in [-0.1, -0.05) is 38.5 Å². The minimum absolute atomic E-state index is 0.0790. The van der Waals surface area contributed by atoms with Gasteiger partial charge < -0.3 is 10.2 Å². The van der Waals surface area contributed by atoms with E-state index in [0.717, 1.165) is 5.92 Å². The minimum atomic E-state index is 0.0790. The van der Waals surface area contributed by atoms with Crippen LogP contribution in [0.2, 0.25) is 0 Å². The lowest BCUT2D eigenvalue weighted by Gasteiger charge is -2.34. The van der Waals surface area contributed by atoms with Crippen LogP contribution in [0.1, 0.15) is 111 Å². The zero-order valence-electron chi connectivity index (χ0n) is 18.5. The summed E-state index contributed by atoms with van der Waals surface area (Å²) < 4.78 is 0. The smallest absolute Gasteiger partial charge is 0.271 e. The second-order valence-electron chi connectivity index (χ2n) is 10.6. The summed E-state index contributed by atoms with van der Waals surface area (Å²) in [6.07, 6.45) is 18.6. The Kier molecular flexibility index (Phi) is 6.47. The average molecular weight is 430 g/mol. The van der Waals surface area contributed by atoms with Gasteiger partial charge in [0, 0.05) is 23.4 Å². The van der Waals surface area contributed by atoms with Crippen molar-refractivity contribution >= 4 is 17.2 Å². The van der Waals surface area contributed by atoms with Crippen LogP contribution in [-0.4, -0.2) is 41.0 Å². The maximum atomic E-state index is 12.9. The van der Waals surface area contributed by atoms with Crippen molar-refractivity contribution in [2.75, 3.05) is 19.6 Å². The second-order valence-corrected chi connectivity index (χ2v) is 11.5. The molecule has 0 bridgehead atoms. The summed E-state index contributed by atoms with van der Waals surface area (Å²) in [4.78, 5) is 20.4. The van der Waals surface area contributed by atoms with Crippen LogP contribution in [0.3, 0.4) is 0 Å². The second kappa shape index (κ2) is 9.28. The summed E-state index contributed by atoms with van der Waals surface area (Å²) >= 11 is 1.71. The van der Waals surface area contributed by atoms with Crippen molar-refractivity contribution in [3.8, 4) is 0 Å². The number of thiazole rings is 1. The molecule has 1 saturated heterocycles. The number of hydrogen-bond acceptors (Lipinski definition) is 4. The van der Waals surface area contributed by atoms with E-state index in [9.17, 15) is 4.79 Å². The van der Waals surface area contributed by atoms with Crippen molar-refractivity contribution in [2.45, 2.75) is 101 Å². The van der Waals surface area contributed by atoms with Crippen LogP contribution < -0.4 is 5.32 Å². The fourth-order valence-electron chi connectivity index (χ4n) is 6.39. The Morgan fingerprint density at radius 2 is 1.67 bits per heavy atom. The van der Waals surface area contributed by atoms with Crippen LogP contribution in [-0.2, 0) is 0 Å². The Labute approximate surface area is 186 Å². The molecule has 0 spiro atoms. The lowest BCUT2D eigenvalue weighted by molar-refractivity contribution is 0.0897. The number of carbonyl (C=O) groups is 1. The van der Waals surface area contributed by atoms with E-state index in [4.69, 9.17) is 4.98 Å². The predicted molar refractivity (Wildman–Crippen MR) is 123 cm³/mol. The van der Waals surface area contributed by atoms with E-state index in [-0.39, 0.29) is 11.4 Å². The number of nitrogens with zero attached hydrogens (tertiary/aromatic N) is 2. The van der Waals surface area contributed by atoms with Gasteiger partial charge in [0.1, 0.15) is 5.69 Å². The molecule has 0 radical (unpaired) electrons. The Morgan fingerprint density at radius 3 is 2.33 bits per heavy atom. The molecule has 0 aromatic carbocycles. The number of carbonyl (C=O) groups excluding carboxylic acids is 1. The van der Waals surface area contributed by atoms with Crippen molar-refractivity contribution in [3.63, 3.8) is 0 Å². The minimum Gasteiger partial charge on any atom is -0.345 e. The SMILES string of the molecule is O=C(NC1(C2CCCCC2)CC1)c1csc(C2CCN(CC3CCCCC3)CC2)n1. The molecular formula is C25H39N3OS. The summed E-state index contributed by atoms with van der Waals surface area (Å²) in [7, 11) is 0. The topological polar surface area (TPSA) is 45.2 Å². The summed E-state index contributed by atoms with van der Waals surface area (Å²) in [6.45, 7) is 3.71. The molecule has 4 nitrogen and oxygen atoms in total. The van der Waals surface area contributed by atoms with Crippen LogP contribution in [0, 0.1) is 11.8 Å². The molecule has 2 heterocycles. The normalized spacial score (nSPS) is 26.5. The molecule has 3 saturated carbocycles. The van der Waals surface area contributed by atoms with E-state index < -0.39 is 0 Å². The van der Waals surface area contributed by atoms with Gasteiger partial charge in [0.05, 0.1) is 5.01 Å². The number of nitrogens with one attached hydrogen (secondary N) is 1. The molecule has 4 aliphatic rings. The van der Waals surface area contributed by atoms with Crippen LogP contribution in [0.15, 0.2) is 5.38 Å². The van der Waals surface area contributed by atoms with Crippen LogP contribution >= 0.6 is 11.3 Å². The Bertz CT molecular complexity index is 708. The Morgan fingerprint density at radius 1 is 1.00 bits per heavy atom. The van der Waals surface area contributed by atoms with Gasteiger partial charge in [-0.05, 0) is 76.3 Å². The van der Waals surface area contributed by atoms with E-state index in [0.29, 0.717) is 17.5 Å². The number of aromatic nitrogens is 1. The molecule has 5 heteroatoms. The van der Waals surface area contributed by atoms with Gasteiger partial charge >= 0.3 is 0 Å². The van der Waals surface area contributed by atoms with Gasteiger partial charge in [-0.15, -0.1) is 11.3 Å². The number of piperidine rings is 1. The highest BCUT2D eigenvalue weighted by atomic mass is 32.1. The fourth-order valence-corrected chi connectivity index (χ4v) is 7.36. The maximum absolute atomic E-state index is 12.9. The highest BCUT2D eigenvalue weighted by Gasteiger charge is 2.50. The maximum Gasteiger partial charge on any atom is 0.271 e. The first-order chi connectivity index (χ1) is 14.7. The van der Waals surface area contributed by atoms with Gasteiger partial charge in [0.15, 0.2) is 0 Å². The standard InChI is InChI=1S/C25H39N3OS/c29-23(27-25(13-14-25)21-9-5-2-6-10-21)22-18-30-24(26-22)20-11-15-28(16-12-20)17-19-7-3-1-4-8-19/h18-21H,1-17H2,(H,27,29). The molecule has 0 atom stereocenters. The van der Waals surface area contributed by atoms with E-state index >= 15 is 0 Å². The molecule has 4 fully saturated rings. The van der Waals surface area contributed by atoms with Crippen molar-refractivity contribution in [1.29, 1.82) is 0 Å². The fraction of sp³-hybridized carbons (Fsp3) is 0.840. The first-order valence-corrected chi connectivity index (χ1v) is 13.6. The number of amides is 1. The molecule has 1 aromatic rings. The van der Waals surface area contributed by atoms with Gasteiger partial charge in [0.25, 0.3) is 5.91 Å². The number of rotatable bonds is 6. The Balaban J connectivity index is 1.12. The summed E-state index contributed by atoms with van der Waals surface area (Å²) in [5.41, 5.74) is 0.771. The van der Waals surface area contributed by atoms with Crippen molar-refractivity contribution in [3.05, 3.63) is 16.1 Å². The first-order valence-electron chi connectivity index (χ1n) is 12.7. The molecule has 1 N–H and O–H groups in total. The molecule has 5 rings (SSSR count). The van der Waals surface area contributed by atoms with E-state index in [1.54, 1.807) is 11.3 Å². The predicted octanol–water partition coefficient (Wildman–Crippen LogP) is 5.75. The van der Waals surface area contributed by atoms with Crippen molar-refractivity contribution in [2.24, 2.45) is 11.8 Å². The molecule has 30 heavy (non-hydrogen) atoms. The molecule has 1 amide bonds. The lowest BCUT2D eigenvalue weighted by atomic mass is 9.82. The zero-order chi connectivity index (χ0) is 20.4. The largest absolute Gasteiger partial charge is 0.345 e. The molecule has 166 valence electrons. The van der Waals surface area contributed by atoms with E-state index in [1.807, 2.05) is 5.38 Å². The lowest BCUT2D eigenvalue weighted by Crippen LogP contribution is -2.43. The summed E-state index contributed by atoms with van der Waals surface area (Å²) in [6, 6.07) is 0. The van der Waals surface area contributed by atoms with E-state index in [1.165, 1.54) is 115 Å². The molecule has 1 aromatic heterocycles. The molecule has 0 unspecified atom stereocenters. The first kappa shape index (κ1) is 20.9. The van der Waals surface area contributed by atoms with Crippen LogP contribution in [0.5, 0.6) is 0 Å². The molecular weight excluding hydrogens is 390 g/mol. The third kappa shape index (κ3) is 4.77. The zero-order valence-corrected chi connectivity index (χ0v) is 19.4. The third-order valence-electron chi connectivity index (χ3n) is 8.47. The van der Waals surface area contributed by atoms with Gasteiger partial charge in [-0.2, -0.15) is 0 Å². The highest BCUT2D eigenvalue weighted by Crippen LogP contribution is 2.48. The van der Waals surface area contributed by atoms with Crippen molar-refractivity contribution in [1.82, 2.24) is 15.2 Å². The van der Waals surface area contributed by atoms with Gasteiger partial charge in [-0.25, -0.2) is 4.98 Å². The highest BCUT2D eigenvalue weighted by molar-refractivity contribution is 7.09. The number of hydrogen-bond donors (Lipinski definition) is 1. The van der Waals surface area contributed by atoms with Gasteiger partial charge in [0.2, 0.25) is 0 Å². The molecule has 3 aliphatic carbocycles. The quantitative estimate of drug-likeness (QED) is 0.626. The van der Waals surface area contributed by atoms with Crippen LogP contribution in [0.25, 0.3) is 0 Å². The third-order valence-corrected chi connectivity index (χ3v) is 9.48. The molecule has 1 aliphatic heterocycles. The number of likely N-dealkylation sites (tertiary alicyclic amines) is 1. The van der Waals surface area contributed by atoms with Gasteiger partial charge in [-0.3, -0.25) is 4.79 Å². The van der Waals surface area contributed by atoms with Crippen molar-refractivity contribution < 1.29 is 4.79 Å². The summed E-state index contributed by atoms with van der Waals surface area (Å²) in [5, 5.41) is 6.62.